The molecule has 0 heterocycles. The highest BCUT2D eigenvalue weighted by atomic mass is 16.4. The van der Waals surface area contributed by atoms with Gasteiger partial charge in [0.1, 0.15) is 1.41 Å². The van der Waals surface area contributed by atoms with Gasteiger partial charge in [-0.2, -0.15) is 0 Å². The van der Waals surface area contributed by atoms with Crippen LogP contribution in [0.1, 0.15) is 33.6 Å². The fourth-order valence-corrected chi connectivity index (χ4v) is 0.645. The number of carbonyl (C=O) groups is 1. The topological polar surface area (TPSA) is 49.3 Å². The predicted octanol–water partition coefficient (Wildman–Crippen LogP) is 1.24. The first kappa shape index (κ1) is 8.53. The monoisotopic (exact) mass is 160 g/mol. The van der Waals surface area contributed by atoms with Gasteiger partial charge in [0.05, 0.1) is 0 Å². The minimum Gasteiger partial charge on any atom is -0.481 e. The zero-order valence-corrected chi connectivity index (χ0v) is 7.42. The maximum Gasteiger partial charge on any atom is 0.303 e. The molecule has 11 heavy (non-hydrogen) atoms. The average molecular weight is 160 g/mol. The van der Waals surface area contributed by atoms with E-state index in [2.05, 4.69) is 0 Å². The van der Waals surface area contributed by atoms with Crippen molar-refractivity contribution in [3.63, 3.8) is 0 Å². The highest BCUT2D eigenvalue weighted by Gasteiger charge is 2.07. The van der Waals surface area contributed by atoms with Crippen LogP contribution < -0.4 is 5.31 Å². The van der Waals surface area contributed by atoms with Crippen molar-refractivity contribution in [3.05, 3.63) is 0 Å². The summed E-state index contributed by atoms with van der Waals surface area (Å²) in [5, 5.41) is 9.76. The Morgan fingerprint density at radius 1 is 1.64 bits per heavy atom. The molecule has 0 atom stereocenters. The molecule has 0 saturated carbocycles. The molecular formula is C8H17NO2. The second-order valence-electron chi connectivity index (χ2n) is 3.55. The van der Waals surface area contributed by atoms with Crippen molar-refractivity contribution in [2.45, 2.75) is 39.2 Å². The molecule has 0 rings (SSSR count). The first-order chi connectivity index (χ1) is 5.34. The van der Waals surface area contributed by atoms with E-state index in [4.69, 9.17) is 6.52 Å². The fourth-order valence-electron chi connectivity index (χ4n) is 0.645. The van der Waals surface area contributed by atoms with Crippen LogP contribution in [0.15, 0.2) is 0 Å². The molecule has 0 spiro atoms. The molecule has 0 fully saturated rings. The molecule has 66 valence electrons. The van der Waals surface area contributed by atoms with Crippen molar-refractivity contribution in [1.29, 1.82) is 0 Å². The van der Waals surface area contributed by atoms with Gasteiger partial charge in [0.15, 0.2) is 0 Å². The van der Waals surface area contributed by atoms with Gasteiger partial charge in [-0.05, 0) is 33.7 Å². The van der Waals surface area contributed by atoms with Crippen LogP contribution in [-0.4, -0.2) is 23.2 Å². The number of carboxylic acids is 1. The summed E-state index contributed by atoms with van der Waals surface area (Å²) in [6.45, 7) is 6.30. The summed E-state index contributed by atoms with van der Waals surface area (Å²) in [4.78, 5) is 10.2. The van der Waals surface area contributed by atoms with Crippen molar-refractivity contribution in [2.24, 2.45) is 0 Å². The van der Waals surface area contributed by atoms with Gasteiger partial charge in [0, 0.05) is 12.0 Å². The van der Waals surface area contributed by atoms with Crippen LogP contribution in [0.4, 0.5) is 0 Å². The van der Waals surface area contributed by atoms with E-state index in [-0.39, 0.29) is 12.0 Å². The predicted molar refractivity (Wildman–Crippen MR) is 44.6 cm³/mol. The van der Waals surface area contributed by atoms with Gasteiger partial charge in [0.2, 0.25) is 0 Å². The van der Waals surface area contributed by atoms with Gasteiger partial charge in [0.25, 0.3) is 0 Å². The van der Waals surface area contributed by atoms with Crippen LogP contribution in [0.3, 0.4) is 0 Å². The third kappa shape index (κ3) is 9.43. The molecule has 0 aliphatic heterocycles. The van der Waals surface area contributed by atoms with E-state index >= 15 is 0 Å². The number of aliphatic carboxylic acids is 1. The SMILES string of the molecule is [2H]N(CCCC(=O)O)C(C)(C)C. The number of hydrogen-bond donors (Lipinski definition) is 2. The zero-order chi connectivity index (χ0) is 9.78. The van der Waals surface area contributed by atoms with Crippen molar-refractivity contribution >= 4 is 5.97 Å². The standard InChI is InChI=1S/C8H17NO2/c1-8(2,3)9-6-4-5-7(10)11/h9H,4-6H2,1-3H3,(H,10,11)/i/hD. The Kier molecular flexibility index (Phi) is 3.36. The molecule has 3 nitrogen and oxygen atoms in total. The Labute approximate surface area is 69.3 Å². The van der Waals surface area contributed by atoms with Crippen LogP contribution in [0.5, 0.6) is 0 Å². The van der Waals surface area contributed by atoms with Crippen molar-refractivity contribution in [3.8, 4) is 0 Å². The van der Waals surface area contributed by atoms with Crippen LogP contribution in [0.25, 0.3) is 0 Å². The molecule has 0 aliphatic rings. The summed E-state index contributed by atoms with van der Waals surface area (Å²) in [5.74, 6) is -0.794. The summed E-state index contributed by atoms with van der Waals surface area (Å²) in [7, 11) is 0. The van der Waals surface area contributed by atoms with E-state index in [9.17, 15) is 4.79 Å². The van der Waals surface area contributed by atoms with Crippen molar-refractivity contribution in [2.75, 3.05) is 6.54 Å². The maximum atomic E-state index is 10.2. The number of nitrogens with one attached hydrogen (secondary N) is 1. The minimum absolute atomic E-state index is 0.144. The maximum absolute atomic E-state index is 10.2. The molecule has 0 aliphatic carbocycles. The minimum atomic E-state index is -0.794. The summed E-state index contributed by atoms with van der Waals surface area (Å²) in [5.41, 5.74) is -0.196. The lowest BCUT2D eigenvalue weighted by molar-refractivity contribution is -0.137. The summed E-state index contributed by atoms with van der Waals surface area (Å²) < 4.78 is 7.51. The van der Waals surface area contributed by atoms with E-state index in [1.807, 2.05) is 20.8 Å². The Balaban J connectivity index is 3.58. The molecule has 0 bridgehead atoms. The molecule has 3 heteroatoms. The molecule has 0 unspecified atom stereocenters. The third-order valence-corrected chi connectivity index (χ3v) is 1.13. The fraction of sp³-hybridized carbons (Fsp3) is 0.875. The van der Waals surface area contributed by atoms with Gasteiger partial charge in [-0.1, -0.05) is 0 Å². The van der Waals surface area contributed by atoms with Crippen LogP contribution in [0.2, 0.25) is 1.41 Å². The first-order valence-electron chi connectivity index (χ1n) is 4.27. The molecule has 0 saturated heterocycles. The highest BCUT2D eigenvalue weighted by molar-refractivity contribution is 5.66. The Bertz CT molecular complexity index is 154. The van der Waals surface area contributed by atoms with Crippen molar-refractivity contribution < 1.29 is 11.3 Å². The average Bonchev–Trinajstić information content (AvgIpc) is 1.84. The van der Waals surface area contributed by atoms with E-state index in [1.54, 1.807) is 0 Å². The lowest BCUT2D eigenvalue weighted by Gasteiger charge is -2.19. The molecule has 0 radical (unpaired) electrons. The van der Waals surface area contributed by atoms with Gasteiger partial charge >= 0.3 is 5.97 Å². The number of carboxylic acid groups (broad SMARTS) is 1. The van der Waals surface area contributed by atoms with Gasteiger partial charge in [-0.15, -0.1) is 0 Å². The summed E-state index contributed by atoms with van der Waals surface area (Å²) in [6.07, 6.45) is 0.682. The van der Waals surface area contributed by atoms with Crippen LogP contribution >= 0.6 is 0 Å². The first-order valence-corrected chi connectivity index (χ1v) is 3.82. The van der Waals surface area contributed by atoms with Gasteiger partial charge < -0.3 is 10.4 Å². The quantitative estimate of drug-likeness (QED) is 0.650. The molecule has 0 aromatic carbocycles. The lowest BCUT2D eigenvalue weighted by atomic mass is 10.1. The summed E-state index contributed by atoms with van der Waals surface area (Å²) in [6, 6.07) is 0. The Morgan fingerprint density at radius 3 is 2.55 bits per heavy atom. The van der Waals surface area contributed by atoms with Gasteiger partial charge in [-0.3, -0.25) is 4.79 Å². The van der Waals surface area contributed by atoms with E-state index in [0.717, 1.165) is 0 Å². The van der Waals surface area contributed by atoms with E-state index < -0.39 is 5.97 Å². The highest BCUT2D eigenvalue weighted by Crippen LogP contribution is 1.98. The zero-order valence-electron chi connectivity index (χ0n) is 8.42. The molecule has 0 amide bonds. The number of rotatable bonds is 4. The lowest BCUT2D eigenvalue weighted by Crippen LogP contribution is -2.36. The smallest absolute Gasteiger partial charge is 0.303 e. The van der Waals surface area contributed by atoms with Crippen LogP contribution in [0, 0.1) is 0 Å². The second-order valence-corrected chi connectivity index (χ2v) is 3.55. The molecular weight excluding hydrogens is 142 g/mol. The second kappa shape index (κ2) is 4.34. The Morgan fingerprint density at radius 2 is 2.18 bits per heavy atom. The molecule has 0 aromatic heterocycles. The van der Waals surface area contributed by atoms with E-state index in [1.165, 1.54) is 5.31 Å². The normalized spacial score (nSPS) is 13.3. The van der Waals surface area contributed by atoms with Crippen LogP contribution in [-0.2, 0) is 4.79 Å². The largest absolute Gasteiger partial charge is 0.481 e. The molecule has 0 aromatic rings. The van der Waals surface area contributed by atoms with E-state index in [0.29, 0.717) is 13.0 Å². The third-order valence-electron chi connectivity index (χ3n) is 1.13. The van der Waals surface area contributed by atoms with Gasteiger partial charge in [-0.25, -0.2) is 0 Å². The number of hydrogen-bond acceptors (Lipinski definition) is 2. The Hall–Kier alpha value is -0.570. The molecule has 2 N–H and O–H groups in total. The summed E-state index contributed by atoms with van der Waals surface area (Å²) >= 11 is 0. The van der Waals surface area contributed by atoms with Crippen molar-refractivity contribution in [1.82, 2.24) is 5.31 Å².